The monoisotopic (exact) mass is 260 g/mol. The van der Waals surface area contributed by atoms with E-state index in [-0.39, 0.29) is 10.8 Å². The molecule has 0 aliphatic rings. The van der Waals surface area contributed by atoms with Crippen LogP contribution in [0, 0.1) is 19.3 Å². The standard InChI is InChI=1S/C18H28O/c1-12-9-14(17(3,4)5)10-13(2)15(12)11-16(19)18(6,7)8/h9-10H,11H2,1-8H3. The van der Waals surface area contributed by atoms with Gasteiger partial charge in [0.05, 0.1) is 0 Å². The third kappa shape index (κ3) is 3.92. The zero-order valence-corrected chi connectivity index (χ0v) is 13.8. The predicted octanol–water partition coefficient (Wildman–Crippen LogP) is 4.76. The SMILES string of the molecule is Cc1cc(C(C)(C)C)cc(C)c1CC(=O)C(C)(C)C. The third-order valence-electron chi connectivity index (χ3n) is 3.74. The average Bonchev–Trinajstić information content (AvgIpc) is 2.19. The Kier molecular flexibility index (Phi) is 4.29. The molecule has 1 aromatic carbocycles. The fourth-order valence-corrected chi connectivity index (χ4v) is 2.13. The topological polar surface area (TPSA) is 17.1 Å². The van der Waals surface area contributed by atoms with Gasteiger partial charge in [0.15, 0.2) is 0 Å². The highest BCUT2D eigenvalue weighted by Gasteiger charge is 2.23. The van der Waals surface area contributed by atoms with Crippen LogP contribution in [0.2, 0.25) is 0 Å². The number of rotatable bonds is 2. The van der Waals surface area contributed by atoms with Crippen LogP contribution in [0.15, 0.2) is 12.1 Å². The molecule has 1 nitrogen and oxygen atoms in total. The number of Topliss-reactive ketones (excluding diaryl/α,β-unsaturated/α-hetero) is 1. The van der Waals surface area contributed by atoms with E-state index >= 15 is 0 Å². The molecule has 0 fully saturated rings. The zero-order valence-electron chi connectivity index (χ0n) is 13.8. The van der Waals surface area contributed by atoms with Gasteiger partial charge in [-0.05, 0) is 41.5 Å². The van der Waals surface area contributed by atoms with Gasteiger partial charge in [0.2, 0.25) is 0 Å². The van der Waals surface area contributed by atoms with Crippen molar-refractivity contribution in [1.29, 1.82) is 0 Å². The second-order valence-corrected chi connectivity index (χ2v) is 7.69. The number of hydrogen-bond donors (Lipinski definition) is 0. The Hall–Kier alpha value is -1.11. The van der Waals surface area contributed by atoms with Gasteiger partial charge in [-0.3, -0.25) is 4.79 Å². The smallest absolute Gasteiger partial charge is 0.142 e. The second kappa shape index (κ2) is 5.11. The molecule has 19 heavy (non-hydrogen) atoms. The van der Waals surface area contributed by atoms with Crippen LogP contribution in [-0.2, 0) is 16.6 Å². The van der Waals surface area contributed by atoms with E-state index in [1.165, 1.54) is 22.3 Å². The molecule has 0 saturated heterocycles. The molecule has 0 N–H and O–H groups in total. The van der Waals surface area contributed by atoms with Gasteiger partial charge in [0.1, 0.15) is 5.78 Å². The van der Waals surface area contributed by atoms with E-state index in [0.717, 1.165) is 0 Å². The molecule has 1 rings (SSSR count). The summed E-state index contributed by atoms with van der Waals surface area (Å²) in [4.78, 5) is 12.2. The number of benzene rings is 1. The van der Waals surface area contributed by atoms with E-state index in [0.29, 0.717) is 12.2 Å². The van der Waals surface area contributed by atoms with Crippen LogP contribution in [0.4, 0.5) is 0 Å². The Morgan fingerprint density at radius 1 is 0.947 bits per heavy atom. The van der Waals surface area contributed by atoms with Crippen LogP contribution in [0.1, 0.15) is 63.8 Å². The Balaban J connectivity index is 3.16. The fourth-order valence-electron chi connectivity index (χ4n) is 2.13. The van der Waals surface area contributed by atoms with Gasteiger partial charge in [0.25, 0.3) is 0 Å². The quantitative estimate of drug-likeness (QED) is 0.749. The molecule has 0 amide bonds. The number of carbonyl (C=O) groups is 1. The summed E-state index contributed by atoms with van der Waals surface area (Å²) in [6, 6.07) is 4.47. The Bertz CT molecular complexity index is 458. The zero-order chi connectivity index (χ0) is 15.0. The molecule has 0 spiro atoms. The lowest BCUT2D eigenvalue weighted by atomic mass is 9.81. The predicted molar refractivity (Wildman–Crippen MR) is 82.8 cm³/mol. The van der Waals surface area contributed by atoms with E-state index in [9.17, 15) is 4.79 Å². The van der Waals surface area contributed by atoms with Gasteiger partial charge in [-0.25, -0.2) is 0 Å². The second-order valence-electron chi connectivity index (χ2n) is 7.69. The summed E-state index contributed by atoms with van der Waals surface area (Å²) >= 11 is 0. The molecule has 0 atom stereocenters. The maximum atomic E-state index is 12.2. The van der Waals surface area contributed by atoms with Crippen LogP contribution < -0.4 is 0 Å². The van der Waals surface area contributed by atoms with Crippen molar-refractivity contribution in [1.82, 2.24) is 0 Å². The van der Waals surface area contributed by atoms with Crippen LogP contribution in [0.25, 0.3) is 0 Å². The van der Waals surface area contributed by atoms with E-state index in [4.69, 9.17) is 0 Å². The minimum Gasteiger partial charge on any atom is -0.299 e. The first-order valence-corrected chi connectivity index (χ1v) is 7.07. The first-order chi connectivity index (χ1) is 8.43. The molecule has 0 saturated carbocycles. The number of carbonyl (C=O) groups excluding carboxylic acids is 1. The molecule has 0 heterocycles. The normalized spacial score (nSPS) is 12.6. The summed E-state index contributed by atoms with van der Waals surface area (Å²) in [5.41, 5.74) is 4.91. The molecule has 0 aliphatic carbocycles. The summed E-state index contributed by atoms with van der Waals surface area (Å²) in [6.07, 6.45) is 0.547. The van der Waals surface area contributed by atoms with Crippen molar-refractivity contribution in [2.45, 2.75) is 67.2 Å². The van der Waals surface area contributed by atoms with Crippen molar-refractivity contribution >= 4 is 5.78 Å². The van der Waals surface area contributed by atoms with Crippen molar-refractivity contribution in [3.63, 3.8) is 0 Å². The van der Waals surface area contributed by atoms with Gasteiger partial charge in [-0.2, -0.15) is 0 Å². The summed E-state index contributed by atoms with van der Waals surface area (Å²) in [6.45, 7) is 16.9. The highest BCUT2D eigenvalue weighted by atomic mass is 16.1. The summed E-state index contributed by atoms with van der Waals surface area (Å²) in [7, 11) is 0. The van der Waals surface area contributed by atoms with Crippen LogP contribution in [-0.4, -0.2) is 5.78 Å². The average molecular weight is 260 g/mol. The van der Waals surface area contributed by atoms with Crippen LogP contribution in [0.3, 0.4) is 0 Å². The van der Waals surface area contributed by atoms with E-state index in [1.54, 1.807) is 0 Å². The number of ketones is 1. The first-order valence-electron chi connectivity index (χ1n) is 7.07. The van der Waals surface area contributed by atoms with Crippen molar-refractivity contribution < 1.29 is 4.79 Å². The lowest BCUT2D eigenvalue weighted by molar-refractivity contribution is -0.125. The van der Waals surface area contributed by atoms with Crippen molar-refractivity contribution in [2.75, 3.05) is 0 Å². The first kappa shape index (κ1) is 15.9. The molecular formula is C18H28O. The maximum Gasteiger partial charge on any atom is 0.142 e. The number of hydrogen-bond acceptors (Lipinski definition) is 1. The van der Waals surface area contributed by atoms with E-state index in [2.05, 4.69) is 46.8 Å². The minimum atomic E-state index is -0.262. The molecule has 0 radical (unpaired) electrons. The molecular weight excluding hydrogens is 232 g/mol. The van der Waals surface area contributed by atoms with E-state index in [1.807, 2.05) is 20.8 Å². The van der Waals surface area contributed by atoms with Gasteiger partial charge in [-0.15, -0.1) is 0 Å². The van der Waals surface area contributed by atoms with Crippen molar-refractivity contribution in [3.8, 4) is 0 Å². The molecule has 0 unspecified atom stereocenters. The van der Waals surface area contributed by atoms with Crippen LogP contribution in [0.5, 0.6) is 0 Å². The molecule has 106 valence electrons. The van der Waals surface area contributed by atoms with Gasteiger partial charge in [-0.1, -0.05) is 53.7 Å². The molecule has 0 aromatic heterocycles. The maximum absolute atomic E-state index is 12.2. The Morgan fingerprint density at radius 3 is 1.68 bits per heavy atom. The fraction of sp³-hybridized carbons (Fsp3) is 0.611. The van der Waals surface area contributed by atoms with E-state index < -0.39 is 0 Å². The Labute approximate surface area is 118 Å². The highest BCUT2D eigenvalue weighted by molar-refractivity contribution is 5.86. The summed E-state index contributed by atoms with van der Waals surface area (Å²) < 4.78 is 0. The summed E-state index contributed by atoms with van der Waals surface area (Å²) in [5, 5.41) is 0. The lowest BCUT2D eigenvalue weighted by Crippen LogP contribution is -2.23. The molecule has 0 aliphatic heterocycles. The molecule has 1 heteroatoms. The minimum absolute atomic E-state index is 0.155. The highest BCUT2D eigenvalue weighted by Crippen LogP contribution is 2.28. The van der Waals surface area contributed by atoms with Gasteiger partial charge >= 0.3 is 0 Å². The Morgan fingerprint density at radius 2 is 1.37 bits per heavy atom. The van der Waals surface area contributed by atoms with Crippen LogP contribution >= 0.6 is 0 Å². The van der Waals surface area contributed by atoms with Gasteiger partial charge < -0.3 is 0 Å². The van der Waals surface area contributed by atoms with Crippen molar-refractivity contribution in [3.05, 3.63) is 34.4 Å². The van der Waals surface area contributed by atoms with Crippen molar-refractivity contribution in [2.24, 2.45) is 5.41 Å². The molecule has 0 bridgehead atoms. The van der Waals surface area contributed by atoms with Gasteiger partial charge in [0, 0.05) is 11.8 Å². The largest absolute Gasteiger partial charge is 0.299 e. The lowest BCUT2D eigenvalue weighted by Gasteiger charge is -2.23. The summed E-state index contributed by atoms with van der Waals surface area (Å²) in [5.74, 6) is 0.308. The third-order valence-corrected chi connectivity index (χ3v) is 3.74. The molecule has 1 aromatic rings. The number of aryl methyl sites for hydroxylation is 2.